The molecule has 258 valence electrons. The number of allylic oxidation sites excluding steroid dienone is 1. The Balaban J connectivity index is 1.42. The number of hydrogen-bond donors (Lipinski definition) is 0. The van der Waals surface area contributed by atoms with Gasteiger partial charge in [0, 0.05) is 53.1 Å². The Morgan fingerprint density at radius 1 is 0.528 bits per heavy atom. The SMILES string of the molecule is Cc1ccc(-c2cc(-c3ccccc3)cc(-c3ccc(C)cc3)[n+]2-c2cc(/C=C\C3=[N+](C)c4ccccc4C3(C)C)c([O-])c(-c3ccccc3)c2)cc1. The van der Waals surface area contributed by atoms with Crippen molar-refractivity contribution < 1.29 is 14.2 Å². The van der Waals surface area contributed by atoms with Gasteiger partial charge in [-0.05, 0) is 85.9 Å². The number of rotatable bonds is 7. The number of aryl methyl sites for hydroxylation is 2. The van der Waals surface area contributed by atoms with Crippen LogP contribution in [0.4, 0.5) is 5.69 Å². The van der Waals surface area contributed by atoms with E-state index in [1.807, 2.05) is 36.4 Å². The maximum absolute atomic E-state index is 14.6. The van der Waals surface area contributed by atoms with Crippen molar-refractivity contribution in [2.45, 2.75) is 33.1 Å². The van der Waals surface area contributed by atoms with Gasteiger partial charge in [0.2, 0.25) is 22.8 Å². The van der Waals surface area contributed by atoms with Crippen LogP contribution in [0, 0.1) is 13.8 Å². The lowest BCUT2D eigenvalue weighted by Gasteiger charge is -2.20. The van der Waals surface area contributed by atoms with E-state index in [4.69, 9.17) is 0 Å². The fourth-order valence-corrected chi connectivity index (χ4v) is 7.74. The first-order valence-corrected chi connectivity index (χ1v) is 18.3. The normalized spacial score (nSPS) is 13.5. The summed E-state index contributed by atoms with van der Waals surface area (Å²) in [6, 6.07) is 55.3. The van der Waals surface area contributed by atoms with Crippen LogP contribution in [0.3, 0.4) is 0 Å². The number of para-hydroxylation sites is 1. The molecular formula is C50H43N2O+. The maximum atomic E-state index is 14.6. The molecule has 0 bridgehead atoms. The highest BCUT2D eigenvalue weighted by molar-refractivity contribution is 6.05. The molecule has 0 amide bonds. The van der Waals surface area contributed by atoms with Crippen LogP contribution in [0.2, 0.25) is 0 Å². The summed E-state index contributed by atoms with van der Waals surface area (Å²) < 4.78 is 4.58. The maximum Gasteiger partial charge on any atom is 0.219 e. The lowest BCUT2D eigenvalue weighted by Crippen LogP contribution is -2.36. The van der Waals surface area contributed by atoms with Gasteiger partial charge in [-0.3, -0.25) is 0 Å². The van der Waals surface area contributed by atoms with Crippen molar-refractivity contribution >= 4 is 17.5 Å². The van der Waals surface area contributed by atoms with E-state index in [-0.39, 0.29) is 11.2 Å². The van der Waals surface area contributed by atoms with E-state index >= 15 is 0 Å². The molecule has 3 heteroatoms. The molecule has 0 fully saturated rings. The van der Waals surface area contributed by atoms with Crippen molar-refractivity contribution in [1.82, 2.24) is 0 Å². The average Bonchev–Trinajstić information content (AvgIpc) is 3.38. The third-order valence-electron chi connectivity index (χ3n) is 10.7. The highest BCUT2D eigenvalue weighted by atomic mass is 16.3. The van der Waals surface area contributed by atoms with Crippen LogP contribution in [-0.2, 0) is 5.41 Å². The predicted octanol–water partition coefficient (Wildman–Crippen LogP) is 11.0. The molecule has 0 atom stereocenters. The van der Waals surface area contributed by atoms with Gasteiger partial charge in [0.1, 0.15) is 7.05 Å². The summed E-state index contributed by atoms with van der Waals surface area (Å²) in [5, 5.41) is 14.6. The van der Waals surface area contributed by atoms with Crippen LogP contribution in [-0.4, -0.2) is 17.3 Å². The Hall–Kier alpha value is -6.32. The van der Waals surface area contributed by atoms with E-state index in [1.165, 1.54) is 22.4 Å². The molecule has 6 aromatic carbocycles. The van der Waals surface area contributed by atoms with Gasteiger partial charge in [-0.25, -0.2) is 0 Å². The van der Waals surface area contributed by atoms with Crippen molar-refractivity contribution in [3.63, 3.8) is 0 Å². The van der Waals surface area contributed by atoms with Crippen molar-refractivity contribution in [2.24, 2.45) is 0 Å². The number of aromatic nitrogens is 1. The Morgan fingerprint density at radius 3 is 1.62 bits per heavy atom. The largest absolute Gasteiger partial charge is 0.872 e. The molecule has 7 aromatic rings. The van der Waals surface area contributed by atoms with Crippen LogP contribution >= 0.6 is 0 Å². The standard InChI is InChI=1S/C50H43N2O/c1-34-20-24-38(25-21-34)46-31-41(36-14-8-6-9-15-36)32-47(39-26-22-35(2)23-27-39)52(46)42-30-40(49(53)43(33-42)37-16-10-7-11-17-37)28-29-48-50(3,4)44-18-12-13-19-45(44)51(48)5/h6-33H,1-5H3/q+1. The summed E-state index contributed by atoms with van der Waals surface area (Å²) >= 11 is 0. The van der Waals surface area contributed by atoms with Crippen LogP contribution in [0.5, 0.6) is 5.75 Å². The Morgan fingerprint density at radius 2 is 1.06 bits per heavy atom. The van der Waals surface area contributed by atoms with E-state index in [2.05, 4.69) is 177 Å². The number of hydrogen-bond acceptors (Lipinski definition) is 1. The zero-order valence-corrected chi connectivity index (χ0v) is 31.0. The van der Waals surface area contributed by atoms with Gasteiger partial charge in [-0.15, -0.1) is 0 Å². The third kappa shape index (κ3) is 6.29. The summed E-state index contributed by atoms with van der Waals surface area (Å²) in [7, 11) is 2.11. The fourth-order valence-electron chi connectivity index (χ4n) is 7.74. The molecule has 0 aliphatic carbocycles. The molecule has 1 aliphatic heterocycles. The molecule has 0 radical (unpaired) electrons. The summed E-state index contributed by atoms with van der Waals surface area (Å²) in [6.07, 6.45) is 4.16. The number of fused-ring (bicyclic) bond motifs is 1. The average molecular weight is 688 g/mol. The number of benzene rings is 6. The van der Waals surface area contributed by atoms with Crippen LogP contribution < -0.4 is 9.67 Å². The van der Waals surface area contributed by atoms with Crippen LogP contribution in [0.25, 0.3) is 56.5 Å². The Labute approximate surface area is 313 Å². The van der Waals surface area contributed by atoms with Gasteiger partial charge in [-0.1, -0.05) is 120 Å². The van der Waals surface area contributed by atoms with Gasteiger partial charge in [0.25, 0.3) is 0 Å². The number of pyridine rings is 1. The van der Waals surface area contributed by atoms with Gasteiger partial charge < -0.3 is 5.11 Å². The van der Waals surface area contributed by atoms with Crippen molar-refractivity contribution in [3.8, 4) is 56.2 Å². The first kappa shape index (κ1) is 33.8. The second kappa shape index (κ2) is 13.7. The van der Waals surface area contributed by atoms with E-state index < -0.39 is 0 Å². The van der Waals surface area contributed by atoms with E-state index in [0.717, 1.165) is 50.6 Å². The van der Waals surface area contributed by atoms with Gasteiger partial charge >= 0.3 is 0 Å². The van der Waals surface area contributed by atoms with Crippen molar-refractivity contribution in [3.05, 3.63) is 186 Å². The minimum Gasteiger partial charge on any atom is -0.872 e. The Kier molecular flexibility index (Phi) is 8.72. The van der Waals surface area contributed by atoms with E-state index in [9.17, 15) is 5.11 Å². The molecule has 0 saturated heterocycles. The third-order valence-corrected chi connectivity index (χ3v) is 10.7. The predicted molar refractivity (Wildman–Crippen MR) is 218 cm³/mol. The highest BCUT2D eigenvalue weighted by Gasteiger charge is 2.42. The monoisotopic (exact) mass is 687 g/mol. The second-order valence-corrected chi connectivity index (χ2v) is 14.6. The first-order chi connectivity index (χ1) is 25.7. The van der Waals surface area contributed by atoms with Crippen LogP contribution in [0.15, 0.2) is 164 Å². The summed E-state index contributed by atoms with van der Waals surface area (Å²) in [6.45, 7) is 8.75. The molecule has 0 saturated carbocycles. The highest BCUT2D eigenvalue weighted by Crippen LogP contribution is 2.40. The fraction of sp³-hybridized carbons (Fsp3) is 0.120. The molecule has 53 heavy (non-hydrogen) atoms. The zero-order chi connectivity index (χ0) is 36.7. The van der Waals surface area contributed by atoms with E-state index in [1.54, 1.807) is 0 Å². The summed E-state index contributed by atoms with van der Waals surface area (Å²) in [4.78, 5) is 0. The quantitative estimate of drug-likeness (QED) is 0.153. The van der Waals surface area contributed by atoms with Gasteiger partial charge in [0.15, 0.2) is 5.71 Å². The molecular weight excluding hydrogens is 645 g/mol. The smallest absolute Gasteiger partial charge is 0.219 e. The summed E-state index contributed by atoms with van der Waals surface area (Å²) in [5.74, 6) is 0.00282. The topological polar surface area (TPSA) is 29.9 Å². The van der Waals surface area contributed by atoms with E-state index in [0.29, 0.717) is 11.1 Å². The molecule has 0 unspecified atom stereocenters. The molecule has 0 N–H and O–H groups in total. The van der Waals surface area contributed by atoms with Gasteiger partial charge in [0.05, 0.1) is 5.41 Å². The Bertz CT molecular complexity index is 2460. The minimum absolute atomic E-state index is 0.00282. The summed E-state index contributed by atoms with van der Waals surface area (Å²) in [5.41, 5.74) is 15.4. The molecule has 2 heterocycles. The zero-order valence-electron chi connectivity index (χ0n) is 31.0. The molecule has 3 nitrogen and oxygen atoms in total. The molecule has 1 aromatic heterocycles. The lowest BCUT2D eigenvalue weighted by molar-refractivity contribution is -0.572. The van der Waals surface area contributed by atoms with Crippen LogP contribution in [0.1, 0.15) is 36.1 Å². The van der Waals surface area contributed by atoms with Crippen molar-refractivity contribution in [2.75, 3.05) is 7.05 Å². The molecule has 0 spiro atoms. The molecule has 1 aliphatic rings. The molecule has 8 rings (SSSR count). The van der Waals surface area contributed by atoms with Crippen molar-refractivity contribution in [1.29, 1.82) is 0 Å². The first-order valence-electron chi connectivity index (χ1n) is 18.3. The van der Waals surface area contributed by atoms with Gasteiger partial charge in [-0.2, -0.15) is 9.14 Å². The number of nitrogens with zero attached hydrogens (tertiary/aromatic N) is 2. The minimum atomic E-state index is -0.218. The second-order valence-electron chi connectivity index (χ2n) is 14.6. The lowest BCUT2D eigenvalue weighted by atomic mass is 9.81.